The van der Waals surface area contributed by atoms with Crippen molar-refractivity contribution in [1.82, 2.24) is 9.78 Å². The number of ether oxygens (including phenoxy) is 3. The lowest BCUT2D eigenvalue weighted by atomic mass is 10.0. The number of benzene rings is 1. The smallest absolute Gasteiger partial charge is 0.238 e. The summed E-state index contributed by atoms with van der Waals surface area (Å²) in [4.78, 5) is 0. The van der Waals surface area contributed by atoms with Crippen molar-refractivity contribution in [3.05, 3.63) is 40.8 Å². The molecule has 0 saturated carbocycles. The van der Waals surface area contributed by atoms with Crippen LogP contribution >= 0.6 is 0 Å². The molecule has 1 aliphatic rings. The second-order valence-electron chi connectivity index (χ2n) is 8.63. The minimum atomic E-state index is -0.715. The van der Waals surface area contributed by atoms with E-state index in [0.29, 0.717) is 25.1 Å². The van der Waals surface area contributed by atoms with Gasteiger partial charge in [0.05, 0.1) is 24.9 Å². The third-order valence-electron chi connectivity index (χ3n) is 5.26. The predicted molar refractivity (Wildman–Crippen MR) is 114 cm³/mol. The van der Waals surface area contributed by atoms with Crippen LogP contribution in [0, 0.1) is 12.7 Å². The molecule has 0 radical (unpaired) electrons. The van der Waals surface area contributed by atoms with Gasteiger partial charge in [-0.15, -0.1) is 5.10 Å². The van der Waals surface area contributed by atoms with Crippen LogP contribution in [-0.4, -0.2) is 51.2 Å². The molecule has 0 aliphatic carbocycles. The Morgan fingerprint density at radius 1 is 1.26 bits per heavy atom. The zero-order valence-electron chi connectivity index (χ0n) is 18.8. The summed E-state index contributed by atoms with van der Waals surface area (Å²) in [7, 11) is 0. The Balaban J connectivity index is 1.86. The van der Waals surface area contributed by atoms with E-state index in [1.165, 1.54) is 6.07 Å². The SMILES string of the molecule is Cc1c(Cc2ccc(OC(C)C)c(F)c2)c(O[C@H]2C[C@@H](O)C[C@@H](CO)O2)nn1C(C)C. The molecule has 8 heteroatoms. The number of hydrogen-bond acceptors (Lipinski definition) is 6. The van der Waals surface area contributed by atoms with E-state index in [-0.39, 0.29) is 24.5 Å². The van der Waals surface area contributed by atoms with Crippen molar-refractivity contribution in [2.75, 3.05) is 6.61 Å². The molecule has 3 rings (SSSR count). The number of nitrogens with zero attached hydrogens (tertiary/aromatic N) is 2. The van der Waals surface area contributed by atoms with E-state index in [1.807, 2.05) is 45.4 Å². The van der Waals surface area contributed by atoms with Gasteiger partial charge in [0.2, 0.25) is 12.2 Å². The van der Waals surface area contributed by atoms with Gasteiger partial charge in [0.25, 0.3) is 0 Å². The lowest BCUT2D eigenvalue weighted by Crippen LogP contribution is -2.40. The van der Waals surface area contributed by atoms with Crippen molar-refractivity contribution >= 4 is 0 Å². The van der Waals surface area contributed by atoms with E-state index in [0.717, 1.165) is 16.8 Å². The molecule has 1 aromatic carbocycles. The van der Waals surface area contributed by atoms with Crippen molar-refractivity contribution in [1.29, 1.82) is 0 Å². The Morgan fingerprint density at radius 3 is 2.61 bits per heavy atom. The standard InChI is InChI=1S/C23H33FN2O5/c1-13(2)26-15(5)19(8-16-6-7-21(20(24)9-16)29-14(3)4)23(25-26)31-22-11-17(28)10-18(12-27)30-22/h6-7,9,13-14,17-18,22,27-28H,8,10-12H2,1-5H3/t17-,18-,22-/m0/s1. The number of hydrogen-bond donors (Lipinski definition) is 2. The highest BCUT2D eigenvalue weighted by Crippen LogP contribution is 2.31. The van der Waals surface area contributed by atoms with Crippen LogP contribution in [0.5, 0.6) is 11.6 Å². The van der Waals surface area contributed by atoms with Gasteiger partial charge in [-0.1, -0.05) is 6.07 Å². The summed E-state index contributed by atoms with van der Waals surface area (Å²) in [6.07, 6.45) is -0.839. The normalized spacial score (nSPS) is 21.7. The minimum absolute atomic E-state index is 0.109. The molecular weight excluding hydrogens is 403 g/mol. The monoisotopic (exact) mass is 436 g/mol. The summed E-state index contributed by atoms with van der Waals surface area (Å²) in [5, 5.41) is 24.1. The summed E-state index contributed by atoms with van der Waals surface area (Å²) < 4.78 is 33.6. The average Bonchev–Trinajstić information content (AvgIpc) is 2.99. The van der Waals surface area contributed by atoms with Crippen molar-refractivity contribution in [2.24, 2.45) is 0 Å². The second kappa shape index (κ2) is 9.97. The van der Waals surface area contributed by atoms with E-state index < -0.39 is 24.3 Å². The highest BCUT2D eigenvalue weighted by molar-refractivity contribution is 5.39. The fourth-order valence-electron chi connectivity index (χ4n) is 3.80. The van der Waals surface area contributed by atoms with Crippen LogP contribution in [0.4, 0.5) is 4.39 Å². The van der Waals surface area contributed by atoms with Gasteiger partial charge in [-0.2, -0.15) is 0 Å². The number of aromatic nitrogens is 2. The molecule has 0 spiro atoms. The highest BCUT2D eigenvalue weighted by atomic mass is 19.1. The molecule has 1 fully saturated rings. The van der Waals surface area contributed by atoms with Crippen LogP contribution in [0.2, 0.25) is 0 Å². The first kappa shape index (κ1) is 23.5. The maximum atomic E-state index is 14.5. The van der Waals surface area contributed by atoms with E-state index in [2.05, 4.69) is 5.10 Å². The Bertz CT molecular complexity index is 883. The van der Waals surface area contributed by atoms with Crippen LogP contribution in [0.3, 0.4) is 0 Å². The van der Waals surface area contributed by atoms with Crippen molar-refractivity contribution in [2.45, 2.75) is 84.5 Å². The number of rotatable bonds is 8. The first-order valence-corrected chi connectivity index (χ1v) is 10.8. The Labute approximate surface area is 182 Å². The van der Waals surface area contributed by atoms with Crippen LogP contribution < -0.4 is 9.47 Å². The van der Waals surface area contributed by atoms with Crippen LogP contribution in [0.15, 0.2) is 18.2 Å². The fourth-order valence-corrected chi connectivity index (χ4v) is 3.80. The first-order chi connectivity index (χ1) is 14.7. The number of aliphatic hydroxyl groups is 2. The third-order valence-corrected chi connectivity index (χ3v) is 5.26. The first-order valence-electron chi connectivity index (χ1n) is 10.8. The van der Waals surface area contributed by atoms with Gasteiger partial charge in [0.15, 0.2) is 11.6 Å². The van der Waals surface area contributed by atoms with Gasteiger partial charge < -0.3 is 24.4 Å². The zero-order chi connectivity index (χ0) is 22.7. The predicted octanol–water partition coefficient (Wildman–Crippen LogP) is 3.53. The van der Waals surface area contributed by atoms with Gasteiger partial charge in [0, 0.05) is 36.6 Å². The molecule has 7 nitrogen and oxygen atoms in total. The van der Waals surface area contributed by atoms with Gasteiger partial charge >= 0.3 is 0 Å². The quantitative estimate of drug-likeness (QED) is 0.659. The maximum absolute atomic E-state index is 14.5. The Kier molecular flexibility index (Phi) is 7.56. The molecule has 0 bridgehead atoms. The molecule has 3 atom stereocenters. The molecule has 31 heavy (non-hydrogen) atoms. The molecule has 2 aromatic rings. The largest absolute Gasteiger partial charge is 0.488 e. The highest BCUT2D eigenvalue weighted by Gasteiger charge is 2.31. The molecule has 0 amide bonds. The molecule has 2 heterocycles. The minimum Gasteiger partial charge on any atom is -0.488 e. The molecule has 1 aliphatic heterocycles. The second-order valence-corrected chi connectivity index (χ2v) is 8.63. The molecule has 172 valence electrons. The summed E-state index contributed by atoms with van der Waals surface area (Å²) >= 11 is 0. The topological polar surface area (TPSA) is 86.0 Å². The third kappa shape index (κ3) is 5.75. The molecular formula is C23H33FN2O5. The molecule has 0 unspecified atom stereocenters. The van der Waals surface area contributed by atoms with Gasteiger partial charge in [-0.25, -0.2) is 4.39 Å². The van der Waals surface area contributed by atoms with Gasteiger partial charge in [-0.05, 0) is 52.3 Å². The summed E-state index contributed by atoms with van der Waals surface area (Å²) in [6, 6.07) is 5.05. The van der Waals surface area contributed by atoms with Crippen molar-refractivity contribution < 1.29 is 28.8 Å². The summed E-state index contributed by atoms with van der Waals surface area (Å²) in [5.74, 6) is 0.210. The summed E-state index contributed by atoms with van der Waals surface area (Å²) in [6.45, 7) is 9.52. The molecule has 2 N–H and O–H groups in total. The summed E-state index contributed by atoms with van der Waals surface area (Å²) in [5.41, 5.74) is 2.51. The van der Waals surface area contributed by atoms with Gasteiger partial charge in [0.1, 0.15) is 0 Å². The van der Waals surface area contributed by atoms with Crippen LogP contribution in [0.1, 0.15) is 63.4 Å². The van der Waals surface area contributed by atoms with Crippen molar-refractivity contribution in [3.63, 3.8) is 0 Å². The molecule has 1 aromatic heterocycles. The van der Waals surface area contributed by atoms with Crippen molar-refractivity contribution in [3.8, 4) is 11.6 Å². The van der Waals surface area contributed by atoms with E-state index in [4.69, 9.17) is 14.2 Å². The van der Waals surface area contributed by atoms with Gasteiger partial charge in [-0.3, -0.25) is 4.68 Å². The Hall–Kier alpha value is -2.16. The van der Waals surface area contributed by atoms with E-state index >= 15 is 0 Å². The maximum Gasteiger partial charge on any atom is 0.238 e. The fraction of sp³-hybridized carbons (Fsp3) is 0.609. The Morgan fingerprint density at radius 2 is 2.00 bits per heavy atom. The van der Waals surface area contributed by atoms with Crippen LogP contribution in [-0.2, 0) is 11.2 Å². The number of halogens is 1. The lowest BCUT2D eigenvalue weighted by Gasteiger charge is -2.31. The lowest BCUT2D eigenvalue weighted by molar-refractivity contribution is -0.186. The van der Waals surface area contributed by atoms with E-state index in [9.17, 15) is 14.6 Å². The zero-order valence-corrected chi connectivity index (χ0v) is 18.8. The number of aliphatic hydroxyl groups excluding tert-OH is 2. The molecule has 1 saturated heterocycles. The average molecular weight is 437 g/mol. The van der Waals surface area contributed by atoms with E-state index in [1.54, 1.807) is 6.07 Å². The van der Waals surface area contributed by atoms with Crippen LogP contribution in [0.25, 0.3) is 0 Å².